The molecule has 0 heterocycles. The van der Waals surface area contributed by atoms with Gasteiger partial charge in [-0.3, -0.25) is 5.43 Å². The zero-order chi connectivity index (χ0) is 10.6. The van der Waals surface area contributed by atoms with E-state index in [0.29, 0.717) is 0 Å². The Balaban J connectivity index is 3.04. The Morgan fingerprint density at radius 1 is 1.00 bits per heavy atom. The molecule has 3 heteroatoms. The van der Waals surface area contributed by atoms with Crippen molar-refractivity contribution in [2.45, 2.75) is 39.5 Å². The van der Waals surface area contributed by atoms with Crippen molar-refractivity contribution in [3.63, 3.8) is 0 Å². The van der Waals surface area contributed by atoms with Crippen LogP contribution in [0.3, 0.4) is 0 Å². The summed E-state index contributed by atoms with van der Waals surface area (Å²) >= 11 is 0. The number of unbranched alkanes of at least 4 members (excludes halogenated alkanes) is 2. The number of rotatable bonds is 10. The second-order valence-electron chi connectivity index (χ2n) is 3.61. The highest BCUT2D eigenvalue weighted by Gasteiger charge is 1.96. The largest absolute Gasteiger partial charge is 0.317 e. The van der Waals surface area contributed by atoms with E-state index in [-0.39, 0.29) is 0 Å². The molecule has 0 bridgehead atoms. The summed E-state index contributed by atoms with van der Waals surface area (Å²) in [6.07, 6.45) is 5.20. The van der Waals surface area contributed by atoms with E-state index in [1.54, 1.807) is 0 Å². The molecule has 86 valence electrons. The van der Waals surface area contributed by atoms with Crippen molar-refractivity contribution >= 4 is 0 Å². The van der Waals surface area contributed by atoms with Gasteiger partial charge in [-0.05, 0) is 33.0 Å². The standard InChI is InChI=1S/C11H27N3/c1-4-6-7-9-13-10-8-11-14(5-2)12-3/h12-13H,4-11H2,1-3H3. The molecule has 0 unspecified atom stereocenters. The molecule has 0 aromatic rings. The molecule has 0 aliphatic heterocycles. The van der Waals surface area contributed by atoms with Crippen LogP contribution in [0.1, 0.15) is 39.5 Å². The summed E-state index contributed by atoms with van der Waals surface area (Å²) in [5, 5.41) is 5.70. The van der Waals surface area contributed by atoms with Crippen molar-refractivity contribution in [1.82, 2.24) is 15.8 Å². The van der Waals surface area contributed by atoms with Gasteiger partial charge in [0.15, 0.2) is 0 Å². The molecule has 14 heavy (non-hydrogen) atoms. The molecule has 0 aliphatic rings. The van der Waals surface area contributed by atoms with E-state index in [2.05, 4.69) is 29.6 Å². The first-order valence-corrected chi connectivity index (χ1v) is 5.98. The van der Waals surface area contributed by atoms with Gasteiger partial charge in [-0.2, -0.15) is 0 Å². The van der Waals surface area contributed by atoms with Gasteiger partial charge in [-0.15, -0.1) is 0 Å². The molecule has 0 saturated carbocycles. The van der Waals surface area contributed by atoms with Crippen molar-refractivity contribution in [1.29, 1.82) is 0 Å². The molecule has 0 radical (unpaired) electrons. The van der Waals surface area contributed by atoms with Gasteiger partial charge < -0.3 is 5.32 Å². The van der Waals surface area contributed by atoms with Crippen LogP contribution in [0.4, 0.5) is 0 Å². The number of hydrogen-bond acceptors (Lipinski definition) is 3. The molecule has 0 aliphatic carbocycles. The van der Waals surface area contributed by atoms with Crippen LogP contribution in [0.15, 0.2) is 0 Å². The number of nitrogens with zero attached hydrogens (tertiary/aromatic N) is 1. The Morgan fingerprint density at radius 2 is 1.71 bits per heavy atom. The highest BCUT2D eigenvalue weighted by molar-refractivity contribution is 4.52. The molecule has 3 nitrogen and oxygen atoms in total. The minimum absolute atomic E-state index is 1.08. The molecule has 0 saturated heterocycles. The summed E-state index contributed by atoms with van der Waals surface area (Å²) in [4.78, 5) is 0. The fraction of sp³-hybridized carbons (Fsp3) is 1.00. The Morgan fingerprint density at radius 3 is 2.29 bits per heavy atom. The van der Waals surface area contributed by atoms with Crippen molar-refractivity contribution < 1.29 is 0 Å². The van der Waals surface area contributed by atoms with Gasteiger partial charge in [0.05, 0.1) is 0 Å². The zero-order valence-corrected chi connectivity index (χ0v) is 10.1. The lowest BCUT2D eigenvalue weighted by atomic mass is 10.2. The van der Waals surface area contributed by atoms with E-state index >= 15 is 0 Å². The summed E-state index contributed by atoms with van der Waals surface area (Å²) in [6, 6.07) is 0. The van der Waals surface area contributed by atoms with E-state index in [1.807, 2.05) is 7.05 Å². The minimum Gasteiger partial charge on any atom is -0.317 e. The maximum absolute atomic E-state index is 3.47. The highest BCUT2D eigenvalue weighted by Crippen LogP contribution is 1.91. The van der Waals surface area contributed by atoms with Crippen LogP contribution in [0.5, 0.6) is 0 Å². The van der Waals surface area contributed by atoms with Crippen molar-refractivity contribution in [3.05, 3.63) is 0 Å². The summed E-state index contributed by atoms with van der Waals surface area (Å²) in [5.41, 5.74) is 3.17. The fourth-order valence-corrected chi connectivity index (χ4v) is 1.45. The van der Waals surface area contributed by atoms with E-state index < -0.39 is 0 Å². The average Bonchev–Trinajstić information content (AvgIpc) is 2.22. The van der Waals surface area contributed by atoms with Crippen molar-refractivity contribution in [2.75, 3.05) is 33.2 Å². The molecule has 0 fully saturated rings. The number of hydrogen-bond donors (Lipinski definition) is 2. The van der Waals surface area contributed by atoms with Gasteiger partial charge in [-0.1, -0.05) is 26.7 Å². The quantitative estimate of drug-likeness (QED) is 0.415. The smallest absolute Gasteiger partial charge is 0.0142 e. The maximum atomic E-state index is 3.47. The van der Waals surface area contributed by atoms with Crippen LogP contribution < -0.4 is 10.7 Å². The van der Waals surface area contributed by atoms with Crippen molar-refractivity contribution in [2.24, 2.45) is 0 Å². The van der Waals surface area contributed by atoms with Gasteiger partial charge >= 0.3 is 0 Å². The maximum Gasteiger partial charge on any atom is 0.0142 e. The first kappa shape index (κ1) is 13.9. The van der Waals surface area contributed by atoms with Crippen LogP contribution in [-0.2, 0) is 0 Å². The average molecular weight is 201 g/mol. The van der Waals surface area contributed by atoms with E-state index in [9.17, 15) is 0 Å². The van der Waals surface area contributed by atoms with E-state index in [1.165, 1.54) is 32.2 Å². The highest BCUT2D eigenvalue weighted by atomic mass is 15.5. The third kappa shape index (κ3) is 8.48. The summed E-state index contributed by atoms with van der Waals surface area (Å²) < 4.78 is 0. The summed E-state index contributed by atoms with van der Waals surface area (Å²) in [7, 11) is 1.98. The third-order valence-electron chi connectivity index (χ3n) is 2.44. The van der Waals surface area contributed by atoms with Crippen LogP contribution in [-0.4, -0.2) is 38.2 Å². The van der Waals surface area contributed by atoms with Gasteiger partial charge in [0, 0.05) is 13.1 Å². The number of hydrazine groups is 1. The van der Waals surface area contributed by atoms with Crippen molar-refractivity contribution in [3.8, 4) is 0 Å². The van der Waals surface area contributed by atoms with Crippen LogP contribution >= 0.6 is 0 Å². The predicted molar refractivity (Wildman–Crippen MR) is 63.3 cm³/mol. The molecule has 0 rings (SSSR count). The van der Waals surface area contributed by atoms with E-state index in [0.717, 1.165) is 19.6 Å². The normalized spacial score (nSPS) is 11.1. The Hall–Kier alpha value is -0.120. The van der Waals surface area contributed by atoms with Gasteiger partial charge in [0.1, 0.15) is 0 Å². The van der Waals surface area contributed by atoms with Gasteiger partial charge in [-0.25, -0.2) is 5.01 Å². The summed E-state index contributed by atoms with van der Waals surface area (Å²) in [6.45, 7) is 8.94. The molecule has 0 aromatic heterocycles. The third-order valence-corrected chi connectivity index (χ3v) is 2.44. The summed E-state index contributed by atoms with van der Waals surface area (Å²) in [5.74, 6) is 0. The Kier molecular flexibility index (Phi) is 10.9. The predicted octanol–water partition coefficient (Wildman–Crippen LogP) is 1.61. The van der Waals surface area contributed by atoms with Crippen LogP contribution in [0, 0.1) is 0 Å². The molecule has 0 aromatic carbocycles. The topological polar surface area (TPSA) is 27.3 Å². The lowest BCUT2D eigenvalue weighted by molar-refractivity contribution is 0.216. The second-order valence-corrected chi connectivity index (χ2v) is 3.61. The Bertz CT molecular complexity index is 103. The molecule has 2 N–H and O–H groups in total. The molecule has 0 amide bonds. The minimum atomic E-state index is 1.08. The molecular formula is C11H27N3. The zero-order valence-electron chi connectivity index (χ0n) is 10.1. The lowest BCUT2D eigenvalue weighted by Crippen LogP contribution is -2.36. The van der Waals surface area contributed by atoms with Crippen LogP contribution in [0.25, 0.3) is 0 Å². The Labute approximate surface area is 89.2 Å². The van der Waals surface area contributed by atoms with Crippen LogP contribution in [0.2, 0.25) is 0 Å². The lowest BCUT2D eigenvalue weighted by Gasteiger charge is -2.18. The first-order chi connectivity index (χ1) is 6.85. The van der Waals surface area contributed by atoms with Gasteiger partial charge in [0.2, 0.25) is 0 Å². The van der Waals surface area contributed by atoms with E-state index in [4.69, 9.17) is 0 Å². The number of nitrogens with one attached hydrogen (secondary N) is 2. The SMILES string of the molecule is CCCCCNCCCN(CC)NC. The fourth-order valence-electron chi connectivity index (χ4n) is 1.45. The molecule has 0 atom stereocenters. The second kappa shape index (κ2) is 11.0. The first-order valence-electron chi connectivity index (χ1n) is 5.98. The monoisotopic (exact) mass is 201 g/mol. The molecular weight excluding hydrogens is 174 g/mol. The molecule has 0 spiro atoms. The van der Waals surface area contributed by atoms with Gasteiger partial charge in [0.25, 0.3) is 0 Å².